The molecule has 0 spiro atoms. The number of carbonyl (C=O) groups is 2. The maximum absolute atomic E-state index is 12.8. The molecular weight excluding hydrogens is 534 g/mol. The molecule has 3 aromatic rings. The van der Waals surface area contributed by atoms with E-state index >= 15 is 0 Å². The van der Waals surface area contributed by atoms with Crippen LogP contribution in [0.2, 0.25) is 10.0 Å². The molecule has 0 saturated carbocycles. The van der Waals surface area contributed by atoms with Gasteiger partial charge < -0.3 is 14.3 Å². The molecule has 1 aromatic carbocycles. The lowest BCUT2D eigenvalue weighted by Gasteiger charge is -2.28. The van der Waals surface area contributed by atoms with Crippen LogP contribution in [0, 0.1) is 0 Å². The third-order valence-electron chi connectivity index (χ3n) is 5.75. The zero-order valence-electron chi connectivity index (χ0n) is 18.6. The van der Waals surface area contributed by atoms with Crippen LogP contribution in [0.5, 0.6) is 0 Å². The van der Waals surface area contributed by atoms with Gasteiger partial charge in [0.2, 0.25) is 5.91 Å². The van der Waals surface area contributed by atoms with Gasteiger partial charge in [-0.3, -0.25) is 14.6 Å². The molecule has 0 N–H and O–H groups in total. The van der Waals surface area contributed by atoms with Crippen LogP contribution >= 0.6 is 46.4 Å². The molecule has 0 atom stereocenters. The second kappa shape index (κ2) is 11.6. The highest BCUT2D eigenvalue weighted by Crippen LogP contribution is 2.36. The summed E-state index contributed by atoms with van der Waals surface area (Å²) in [6.07, 6.45) is 4.79. The number of aromatic nitrogens is 2. The molecule has 1 saturated heterocycles. The predicted molar refractivity (Wildman–Crippen MR) is 138 cm³/mol. The summed E-state index contributed by atoms with van der Waals surface area (Å²) < 4.78 is 5.49. The minimum absolute atomic E-state index is 0.00558. The zero-order chi connectivity index (χ0) is 24.9. The van der Waals surface area contributed by atoms with E-state index in [1.54, 1.807) is 36.4 Å². The smallest absolute Gasteiger partial charge is 0.260 e. The second-order valence-corrected chi connectivity index (χ2v) is 9.97. The normalized spacial score (nSPS) is 13.8. The first-order valence-corrected chi connectivity index (χ1v) is 12.7. The Bertz CT molecular complexity index is 1190. The summed E-state index contributed by atoms with van der Waals surface area (Å²) in [7, 11) is 0. The number of likely N-dealkylation sites (tertiary alicyclic amines) is 1. The highest BCUT2D eigenvalue weighted by atomic mass is 35.5. The van der Waals surface area contributed by atoms with Gasteiger partial charge in [0.1, 0.15) is 11.4 Å². The summed E-state index contributed by atoms with van der Waals surface area (Å²) in [5.74, 6) is -0.185. The third kappa shape index (κ3) is 6.09. The molecule has 184 valence electrons. The van der Waals surface area contributed by atoms with E-state index < -0.39 is 10.7 Å². The van der Waals surface area contributed by atoms with Gasteiger partial charge in [0.25, 0.3) is 5.91 Å². The zero-order valence-corrected chi connectivity index (χ0v) is 21.6. The van der Waals surface area contributed by atoms with Gasteiger partial charge in [0, 0.05) is 49.6 Å². The molecule has 1 fully saturated rings. The van der Waals surface area contributed by atoms with Gasteiger partial charge >= 0.3 is 0 Å². The number of hydrogen-bond acceptors (Lipinski definition) is 5. The van der Waals surface area contributed by atoms with E-state index in [0.717, 1.165) is 32.4 Å². The van der Waals surface area contributed by atoms with Crippen LogP contribution in [0.15, 0.2) is 47.1 Å². The number of alkyl halides is 2. The molecule has 0 unspecified atom stereocenters. The standard InChI is InChI=1S/C24H22Cl4N4O3/c25-16-5-4-6-17(26)22(16)19-14-20(35-30-19)18-13-15(7-9-29-18)32(24(34)23(27)28)12-8-21(33)31-10-2-1-3-11-31/h4-7,9,13-14,23H,1-3,8,10-12H2. The summed E-state index contributed by atoms with van der Waals surface area (Å²) >= 11 is 24.4. The van der Waals surface area contributed by atoms with Gasteiger partial charge in [0.15, 0.2) is 10.6 Å². The van der Waals surface area contributed by atoms with E-state index in [1.807, 2.05) is 4.90 Å². The lowest BCUT2D eigenvalue weighted by molar-refractivity contribution is -0.131. The van der Waals surface area contributed by atoms with Crippen molar-refractivity contribution in [3.8, 4) is 22.7 Å². The largest absolute Gasteiger partial charge is 0.354 e. The topological polar surface area (TPSA) is 79.5 Å². The van der Waals surface area contributed by atoms with Crippen molar-refractivity contribution in [1.82, 2.24) is 15.0 Å². The first kappa shape index (κ1) is 25.8. The first-order chi connectivity index (χ1) is 16.8. The molecule has 1 aliphatic rings. The molecule has 2 amide bonds. The highest BCUT2D eigenvalue weighted by molar-refractivity contribution is 6.54. The van der Waals surface area contributed by atoms with Gasteiger partial charge in [-0.25, -0.2) is 0 Å². The number of hydrogen-bond donors (Lipinski definition) is 0. The Kier molecular flexibility index (Phi) is 8.55. The Morgan fingerprint density at radius 1 is 1.03 bits per heavy atom. The molecule has 11 heteroatoms. The number of halogens is 4. The van der Waals surface area contributed by atoms with Crippen LogP contribution in [0.4, 0.5) is 5.69 Å². The molecule has 35 heavy (non-hydrogen) atoms. The van der Waals surface area contributed by atoms with Gasteiger partial charge in [0.05, 0.1) is 10.0 Å². The number of carbonyl (C=O) groups excluding carboxylic acids is 2. The average molecular weight is 556 g/mol. The summed E-state index contributed by atoms with van der Waals surface area (Å²) in [5.41, 5.74) is 1.89. The number of nitrogens with zero attached hydrogens (tertiary/aromatic N) is 4. The minimum atomic E-state index is -1.28. The van der Waals surface area contributed by atoms with Crippen molar-refractivity contribution in [2.45, 2.75) is 30.5 Å². The second-order valence-electron chi connectivity index (χ2n) is 8.05. The summed E-state index contributed by atoms with van der Waals surface area (Å²) in [4.78, 5) is 31.7. The molecule has 2 aromatic heterocycles. The third-order valence-corrected chi connectivity index (χ3v) is 6.75. The molecular formula is C24H22Cl4N4O3. The maximum Gasteiger partial charge on any atom is 0.260 e. The number of piperidine rings is 1. The van der Waals surface area contributed by atoms with Crippen LogP contribution in [0.1, 0.15) is 25.7 Å². The lowest BCUT2D eigenvalue weighted by Crippen LogP contribution is -2.40. The Morgan fingerprint density at radius 3 is 2.43 bits per heavy atom. The van der Waals surface area contributed by atoms with Crippen molar-refractivity contribution < 1.29 is 14.1 Å². The fourth-order valence-electron chi connectivity index (χ4n) is 3.97. The number of benzene rings is 1. The fraction of sp³-hybridized carbons (Fsp3) is 0.333. The van der Waals surface area contributed by atoms with E-state index in [2.05, 4.69) is 10.1 Å². The molecule has 0 aliphatic carbocycles. The molecule has 7 nitrogen and oxygen atoms in total. The van der Waals surface area contributed by atoms with E-state index in [1.165, 1.54) is 11.1 Å². The monoisotopic (exact) mass is 554 g/mol. The molecule has 1 aliphatic heterocycles. The van der Waals surface area contributed by atoms with Crippen LogP contribution in [-0.4, -0.2) is 51.3 Å². The van der Waals surface area contributed by atoms with Crippen molar-refractivity contribution in [2.75, 3.05) is 24.5 Å². The molecule has 0 bridgehead atoms. The van der Waals surface area contributed by atoms with Gasteiger partial charge in [-0.15, -0.1) is 0 Å². The molecule has 3 heterocycles. The number of amides is 2. The first-order valence-electron chi connectivity index (χ1n) is 11.1. The van der Waals surface area contributed by atoms with Crippen LogP contribution < -0.4 is 4.90 Å². The van der Waals surface area contributed by atoms with E-state index in [0.29, 0.717) is 38.4 Å². The van der Waals surface area contributed by atoms with Crippen LogP contribution in [-0.2, 0) is 9.59 Å². The van der Waals surface area contributed by atoms with Crippen molar-refractivity contribution in [3.05, 3.63) is 52.6 Å². The number of pyridine rings is 1. The number of rotatable bonds is 7. The quantitative estimate of drug-likeness (QED) is 0.322. The van der Waals surface area contributed by atoms with E-state index in [-0.39, 0.29) is 18.9 Å². The Balaban J connectivity index is 1.57. The van der Waals surface area contributed by atoms with Crippen molar-refractivity contribution >= 4 is 63.9 Å². The summed E-state index contributed by atoms with van der Waals surface area (Å²) in [6.45, 7) is 1.61. The Morgan fingerprint density at radius 2 is 1.74 bits per heavy atom. The van der Waals surface area contributed by atoms with Gasteiger partial charge in [-0.1, -0.05) is 57.6 Å². The molecule has 0 radical (unpaired) electrons. The van der Waals surface area contributed by atoms with Crippen molar-refractivity contribution in [2.24, 2.45) is 0 Å². The lowest BCUT2D eigenvalue weighted by atomic mass is 10.1. The van der Waals surface area contributed by atoms with E-state index in [9.17, 15) is 9.59 Å². The highest BCUT2D eigenvalue weighted by Gasteiger charge is 2.25. The molecule has 4 rings (SSSR count). The summed E-state index contributed by atoms with van der Waals surface area (Å²) in [6, 6.07) is 10.1. The average Bonchev–Trinajstić information content (AvgIpc) is 3.34. The van der Waals surface area contributed by atoms with Gasteiger partial charge in [-0.05, 0) is 43.5 Å². The summed E-state index contributed by atoms with van der Waals surface area (Å²) in [5, 5.41) is 4.95. The fourth-order valence-corrected chi connectivity index (χ4v) is 4.80. The van der Waals surface area contributed by atoms with E-state index in [4.69, 9.17) is 50.9 Å². The SMILES string of the molecule is O=C(CCN(C(=O)C(Cl)Cl)c1ccnc(-c2cc(-c3c(Cl)cccc3Cl)no2)c1)N1CCCCC1. The maximum atomic E-state index is 12.8. The van der Waals surface area contributed by atoms with Crippen LogP contribution in [0.3, 0.4) is 0 Å². The Hall–Kier alpha value is -2.32. The minimum Gasteiger partial charge on any atom is -0.354 e. The number of anilines is 1. The van der Waals surface area contributed by atoms with Crippen molar-refractivity contribution in [3.63, 3.8) is 0 Å². The van der Waals surface area contributed by atoms with Crippen molar-refractivity contribution in [1.29, 1.82) is 0 Å². The Labute approximate surface area is 222 Å². The predicted octanol–water partition coefficient (Wildman–Crippen LogP) is 6.25. The van der Waals surface area contributed by atoms with Crippen LogP contribution in [0.25, 0.3) is 22.7 Å². The van der Waals surface area contributed by atoms with Gasteiger partial charge in [-0.2, -0.15) is 0 Å².